The van der Waals surface area contributed by atoms with Crippen LogP contribution in [0.5, 0.6) is 5.75 Å². The summed E-state index contributed by atoms with van der Waals surface area (Å²) in [6.07, 6.45) is -0.184. The summed E-state index contributed by atoms with van der Waals surface area (Å²) in [7, 11) is -3.87. The molecule has 0 atom stereocenters. The molecule has 0 N–H and O–H groups in total. The second kappa shape index (κ2) is 9.02. The molecule has 1 amide bonds. The number of nitrogens with zero attached hydrogens (tertiary/aromatic N) is 4. The van der Waals surface area contributed by atoms with E-state index >= 15 is 0 Å². The number of rotatable bonds is 6. The highest BCUT2D eigenvalue weighted by Gasteiger charge is 2.33. The van der Waals surface area contributed by atoms with E-state index in [1.807, 2.05) is 0 Å². The van der Waals surface area contributed by atoms with Crippen LogP contribution in [-0.4, -0.2) is 41.3 Å². The molecule has 0 saturated heterocycles. The van der Waals surface area contributed by atoms with Crippen LogP contribution >= 0.6 is 0 Å². The second-order valence-corrected chi connectivity index (χ2v) is 9.47. The van der Waals surface area contributed by atoms with E-state index in [1.165, 1.54) is 26.0 Å². The molecule has 0 aliphatic heterocycles. The maximum atomic E-state index is 14.7. The number of aryl methyl sites for hydroxylation is 2. The monoisotopic (exact) mass is 470 g/mol. The molecule has 2 aromatic rings. The fraction of sp³-hybridized carbons (Fsp3) is 0.421. The van der Waals surface area contributed by atoms with Crippen LogP contribution in [0.25, 0.3) is 0 Å². The zero-order valence-electron chi connectivity index (χ0n) is 18.4. The number of benzene rings is 1. The molecule has 0 aliphatic carbocycles. The number of amides is 1. The Hall–Kier alpha value is -3.35. The molecule has 32 heavy (non-hydrogen) atoms. The van der Waals surface area contributed by atoms with Crippen molar-refractivity contribution in [3.63, 3.8) is 0 Å². The number of nitro groups is 1. The molecule has 2 rings (SSSR count). The lowest BCUT2D eigenvalue weighted by Crippen LogP contribution is -2.37. The van der Waals surface area contributed by atoms with Crippen LogP contribution in [0.1, 0.15) is 37.9 Å². The van der Waals surface area contributed by atoms with Gasteiger partial charge in [0.05, 0.1) is 17.7 Å². The van der Waals surface area contributed by atoms with E-state index in [1.54, 1.807) is 20.8 Å². The van der Waals surface area contributed by atoms with Gasteiger partial charge >= 0.3 is 21.9 Å². The van der Waals surface area contributed by atoms with Crippen molar-refractivity contribution in [3.8, 4) is 5.75 Å². The van der Waals surface area contributed by atoms with Crippen LogP contribution < -0.4 is 9.08 Å². The quantitative estimate of drug-likeness (QED) is 0.352. The van der Waals surface area contributed by atoms with Crippen molar-refractivity contribution in [3.05, 3.63) is 51.2 Å². The van der Waals surface area contributed by atoms with Gasteiger partial charge in [-0.3, -0.25) is 15.0 Å². The summed E-state index contributed by atoms with van der Waals surface area (Å²) >= 11 is 0. The largest absolute Gasteiger partial charge is 0.443 e. The molecule has 1 aromatic heterocycles. The normalized spacial score (nSPS) is 11.7. The number of ether oxygens (including phenoxy) is 1. The standard InChI is InChI=1S/C19H23FN4O7S/c1-11-16(24(26)27)17(22-12(2)21-11)23(18(25)30-19(3,4)5)10-13-7-8-14(9-15(13)20)31-32(6,28)29/h7-9H,10H2,1-6H3. The highest BCUT2D eigenvalue weighted by atomic mass is 32.2. The molecule has 0 aliphatic rings. The summed E-state index contributed by atoms with van der Waals surface area (Å²) in [5.41, 5.74) is -1.55. The Labute approximate surface area is 184 Å². The summed E-state index contributed by atoms with van der Waals surface area (Å²) in [5.74, 6) is -1.36. The predicted octanol–water partition coefficient (Wildman–Crippen LogP) is 3.42. The number of anilines is 1. The van der Waals surface area contributed by atoms with Crippen molar-refractivity contribution in [2.75, 3.05) is 11.2 Å². The van der Waals surface area contributed by atoms with Crippen molar-refractivity contribution in [1.82, 2.24) is 9.97 Å². The Morgan fingerprint density at radius 2 is 1.88 bits per heavy atom. The van der Waals surface area contributed by atoms with Gasteiger partial charge in [0.15, 0.2) is 0 Å². The minimum atomic E-state index is -3.87. The fourth-order valence-corrected chi connectivity index (χ4v) is 3.14. The number of hydrogen-bond donors (Lipinski definition) is 0. The van der Waals surface area contributed by atoms with E-state index in [0.29, 0.717) is 0 Å². The zero-order chi connectivity index (χ0) is 24.4. The maximum absolute atomic E-state index is 14.7. The van der Waals surface area contributed by atoms with Gasteiger partial charge in [-0.05, 0) is 40.7 Å². The Morgan fingerprint density at radius 3 is 2.38 bits per heavy atom. The average molecular weight is 470 g/mol. The van der Waals surface area contributed by atoms with Crippen LogP contribution in [-0.2, 0) is 21.4 Å². The van der Waals surface area contributed by atoms with E-state index in [2.05, 4.69) is 14.2 Å². The first-order valence-electron chi connectivity index (χ1n) is 9.25. The van der Waals surface area contributed by atoms with Gasteiger partial charge in [0.2, 0.25) is 5.82 Å². The summed E-state index contributed by atoms with van der Waals surface area (Å²) in [4.78, 5) is 32.7. The fourth-order valence-electron chi connectivity index (χ4n) is 2.69. The molecule has 0 saturated carbocycles. The maximum Gasteiger partial charge on any atom is 0.416 e. The first-order valence-corrected chi connectivity index (χ1v) is 11.1. The van der Waals surface area contributed by atoms with Crippen LogP contribution in [0.3, 0.4) is 0 Å². The van der Waals surface area contributed by atoms with Gasteiger partial charge < -0.3 is 8.92 Å². The highest BCUT2D eigenvalue weighted by Crippen LogP contribution is 2.32. The van der Waals surface area contributed by atoms with Crippen molar-refractivity contribution in [2.24, 2.45) is 0 Å². The van der Waals surface area contributed by atoms with Crippen LogP contribution in [0, 0.1) is 29.8 Å². The summed E-state index contributed by atoms with van der Waals surface area (Å²) in [6.45, 7) is 7.20. The van der Waals surface area contributed by atoms with Crippen LogP contribution in [0.4, 0.5) is 20.7 Å². The smallest absolute Gasteiger partial charge is 0.416 e. The van der Waals surface area contributed by atoms with Crippen molar-refractivity contribution < 1.29 is 31.4 Å². The molecule has 11 nitrogen and oxygen atoms in total. The minimum absolute atomic E-state index is 0.0171. The van der Waals surface area contributed by atoms with Gasteiger partial charge in [0.25, 0.3) is 0 Å². The van der Waals surface area contributed by atoms with Crippen LogP contribution in [0.2, 0.25) is 0 Å². The lowest BCUT2D eigenvalue weighted by molar-refractivity contribution is -0.385. The molecule has 0 unspecified atom stereocenters. The van der Waals surface area contributed by atoms with Gasteiger partial charge in [-0.25, -0.2) is 19.2 Å². The lowest BCUT2D eigenvalue weighted by Gasteiger charge is -2.27. The van der Waals surface area contributed by atoms with Crippen molar-refractivity contribution in [1.29, 1.82) is 0 Å². The number of halogens is 1. The second-order valence-electron chi connectivity index (χ2n) is 7.89. The summed E-state index contributed by atoms with van der Waals surface area (Å²) < 4.78 is 47.2. The highest BCUT2D eigenvalue weighted by molar-refractivity contribution is 7.86. The SMILES string of the molecule is Cc1nc(C)c([N+](=O)[O-])c(N(Cc2ccc(OS(C)(=O)=O)cc2F)C(=O)OC(C)(C)C)n1. The molecule has 13 heteroatoms. The number of aromatic nitrogens is 2. The Morgan fingerprint density at radius 1 is 1.25 bits per heavy atom. The summed E-state index contributed by atoms with van der Waals surface area (Å²) in [6, 6.07) is 3.21. The number of carbonyl (C=O) groups excluding carboxylic acids is 1. The molecule has 0 fully saturated rings. The Kier molecular flexibility index (Phi) is 7.03. The average Bonchev–Trinajstić information content (AvgIpc) is 2.56. The predicted molar refractivity (Wildman–Crippen MR) is 112 cm³/mol. The van der Waals surface area contributed by atoms with E-state index in [0.717, 1.165) is 17.2 Å². The van der Waals surface area contributed by atoms with Gasteiger partial charge in [-0.2, -0.15) is 8.42 Å². The van der Waals surface area contributed by atoms with Gasteiger partial charge in [-0.1, -0.05) is 6.07 Å². The van der Waals surface area contributed by atoms with Gasteiger partial charge in [0, 0.05) is 11.6 Å². The molecule has 174 valence electrons. The summed E-state index contributed by atoms with van der Waals surface area (Å²) in [5, 5.41) is 11.7. The molecular weight excluding hydrogens is 447 g/mol. The number of carbonyl (C=O) groups is 1. The minimum Gasteiger partial charge on any atom is -0.443 e. The van der Waals surface area contributed by atoms with E-state index in [4.69, 9.17) is 4.74 Å². The molecule has 0 spiro atoms. The third-order valence-corrected chi connectivity index (χ3v) is 4.30. The van der Waals surface area contributed by atoms with Gasteiger partial charge in [0.1, 0.15) is 28.7 Å². The third kappa shape index (κ3) is 6.57. The zero-order valence-corrected chi connectivity index (χ0v) is 19.2. The topological polar surface area (TPSA) is 142 Å². The Balaban J connectivity index is 2.58. The third-order valence-electron chi connectivity index (χ3n) is 3.80. The van der Waals surface area contributed by atoms with E-state index < -0.39 is 44.8 Å². The van der Waals surface area contributed by atoms with Crippen LogP contribution in [0.15, 0.2) is 18.2 Å². The first-order chi connectivity index (χ1) is 14.6. The van der Waals surface area contributed by atoms with Crippen molar-refractivity contribution in [2.45, 2.75) is 46.8 Å². The molecule has 1 aromatic carbocycles. The van der Waals surface area contributed by atoms with E-state index in [9.17, 15) is 27.7 Å². The molecule has 0 radical (unpaired) electrons. The molecule has 0 bridgehead atoms. The lowest BCUT2D eigenvalue weighted by atomic mass is 10.2. The molecular formula is C19H23FN4O7S. The van der Waals surface area contributed by atoms with Gasteiger partial charge in [-0.15, -0.1) is 0 Å². The van der Waals surface area contributed by atoms with E-state index in [-0.39, 0.29) is 28.6 Å². The Bertz CT molecular complexity index is 1160. The van der Waals surface area contributed by atoms with Crippen molar-refractivity contribution >= 4 is 27.7 Å². The molecule has 1 heterocycles. The first kappa shape index (κ1) is 24.9. The number of hydrogen-bond acceptors (Lipinski definition) is 9.